The van der Waals surface area contributed by atoms with E-state index in [0.717, 1.165) is 6.07 Å². The van der Waals surface area contributed by atoms with Crippen molar-refractivity contribution in [2.45, 2.75) is 6.18 Å². The molecule has 4 nitrogen and oxygen atoms in total. The molecular formula is C15H12F3N3OS. The molecule has 3 N–H and O–H groups in total. The molecule has 8 heteroatoms. The summed E-state index contributed by atoms with van der Waals surface area (Å²) in [6.07, 6.45) is -3.18. The monoisotopic (exact) mass is 339 g/mol. The second-order valence-corrected chi connectivity index (χ2v) is 4.83. The Bertz CT molecular complexity index is 732. The van der Waals surface area contributed by atoms with E-state index in [9.17, 15) is 18.3 Å². The van der Waals surface area contributed by atoms with E-state index in [4.69, 9.17) is 12.2 Å². The number of halogens is 3. The molecule has 0 spiro atoms. The Morgan fingerprint density at radius 1 is 1.09 bits per heavy atom. The van der Waals surface area contributed by atoms with E-state index in [0.29, 0.717) is 5.56 Å². The van der Waals surface area contributed by atoms with Gasteiger partial charge in [0.2, 0.25) is 0 Å². The molecule has 0 atom stereocenters. The summed E-state index contributed by atoms with van der Waals surface area (Å²) in [6, 6.07) is 11.4. The van der Waals surface area contributed by atoms with Crippen LogP contribution < -0.4 is 10.7 Å². The van der Waals surface area contributed by atoms with Gasteiger partial charge in [-0.2, -0.15) is 18.3 Å². The van der Waals surface area contributed by atoms with Crippen molar-refractivity contribution in [1.82, 2.24) is 5.43 Å². The predicted molar refractivity (Wildman–Crippen MR) is 86.5 cm³/mol. The van der Waals surface area contributed by atoms with Crippen LogP contribution in [-0.4, -0.2) is 16.4 Å². The third-order valence-corrected chi connectivity index (χ3v) is 2.98. The molecule has 0 aliphatic heterocycles. The number of rotatable bonds is 3. The summed E-state index contributed by atoms with van der Waals surface area (Å²) in [4.78, 5) is 0. The van der Waals surface area contributed by atoms with Gasteiger partial charge in [-0.3, -0.25) is 5.43 Å². The van der Waals surface area contributed by atoms with Gasteiger partial charge in [-0.15, -0.1) is 0 Å². The van der Waals surface area contributed by atoms with Crippen LogP contribution in [0, 0.1) is 0 Å². The fourth-order valence-corrected chi connectivity index (χ4v) is 1.91. The molecule has 0 radical (unpaired) electrons. The van der Waals surface area contributed by atoms with E-state index in [1.54, 1.807) is 18.2 Å². The van der Waals surface area contributed by atoms with Gasteiger partial charge in [0.15, 0.2) is 5.11 Å². The number of hydrogen-bond acceptors (Lipinski definition) is 3. The molecular weight excluding hydrogens is 327 g/mol. The number of hydrazone groups is 1. The van der Waals surface area contributed by atoms with Gasteiger partial charge in [0.05, 0.1) is 17.5 Å². The normalized spacial score (nSPS) is 11.4. The minimum atomic E-state index is -4.49. The molecule has 0 saturated heterocycles. The third kappa shape index (κ3) is 4.68. The van der Waals surface area contributed by atoms with Crippen LogP contribution >= 0.6 is 12.2 Å². The standard InChI is InChI=1S/C15H12F3N3OS/c16-15(17,18)11-6-2-3-7-12(11)20-14(23)21-19-9-10-5-1-4-8-13(10)22/h1-9,22H,(H2,20,21,23)/b19-9+. The summed E-state index contributed by atoms with van der Waals surface area (Å²) in [5.41, 5.74) is 1.84. The van der Waals surface area contributed by atoms with Gasteiger partial charge >= 0.3 is 6.18 Å². The molecule has 0 heterocycles. The number of benzene rings is 2. The molecule has 0 fully saturated rings. The summed E-state index contributed by atoms with van der Waals surface area (Å²) >= 11 is 4.90. The smallest absolute Gasteiger partial charge is 0.418 e. The van der Waals surface area contributed by atoms with Crippen molar-refractivity contribution in [2.75, 3.05) is 5.32 Å². The first-order valence-electron chi connectivity index (χ1n) is 6.42. The molecule has 2 aromatic carbocycles. The van der Waals surface area contributed by atoms with Crippen molar-refractivity contribution in [3.63, 3.8) is 0 Å². The van der Waals surface area contributed by atoms with Crippen LogP contribution in [0.5, 0.6) is 5.75 Å². The van der Waals surface area contributed by atoms with Crippen LogP contribution in [-0.2, 0) is 6.18 Å². The van der Waals surface area contributed by atoms with Crippen LogP contribution in [0.3, 0.4) is 0 Å². The highest BCUT2D eigenvalue weighted by Gasteiger charge is 2.33. The quantitative estimate of drug-likeness (QED) is 0.453. The molecule has 120 valence electrons. The zero-order valence-electron chi connectivity index (χ0n) is 11.6. The highest BCUT2D eigenvalue weighted by molar-refractivity contribution is 7.80. The number of nitrogens with zero attached hydrogens (tertiary/aromatic N) is 1. The summed E-state index contributed by atoms with van der Waals surface area (Å²) in [6.45, 7) is 0. The van der Waals surface area contributed by atoms with Gasteiger partial charge in [0, 0.05) is 5.56 Å². The Balaban J connectivity index is 2.03. The third-order valence-electron chi connectivity index (χ3n) is 2.79. The van der Waals surface area contributed by atoms with Crippen molar-refractivity contribution in [2.24, 2.45) is 5.10 Å². The van der Waals surface area contributed by atoms with E-state index >= 15 is 0 Å². The Kier molecular flexibility index (Phi) is 5.17. The van der Waals surface area contributed by atoms with Crippen molar-refractivity contribution < 1.29 is 18.3 Å². The average Bonchev–Trinajstić information content (AvgIpc) is 2.49. The lowest BCUT2D eigenvalue weighted by Crippen LogP contribution is -2.25. The first kappa shape index (κ1) is 16.8. The van der Waals surface area contributed by atoms with Gasteiger partial charge in [0.25, 0.3) is 0 Å². The largest absolute Gasteiger partial charge is 0.507 e. The van der Waals surface area contributed by atoms with E-state index in [2.05, 4.69) is 15.8 Å². The fraction of sp³-hybridized carbons (Fsp3) is 0.0667. The summed E-state index contributed by atoms with van der Waals surface area (Å²) in [7, 11) is 0. The lowest BCUT2D eigenvalue weighted by Gasteiger charge is -2.14. The number of para-hydroxylation sites is 2. The van der Waals surface area contributed by atoms with Crippen molar-refractivity contribution >= 4 is 29.2 Å². The topological polar surface area (TPSA) is 56.7 Å². The zero-order chi connectivity index (χ0) is 16.9. The molecule has 0 bridgehead atoms. The zero-order valence-corrected chi connectivity index (χ0v) is 12.4. The maximum absolute atomic E-state index is 12.9. The average molecular weight is 339 g/mol. The lowest BCUT2D eigenvalue weighted by molar-refractivity contribution is -0.136. The molecule has 0 amide bonds. The number of hydrogen-bond donors (Lipinski definition) is 3. The van der Waals surface area contributed by atoms with Gasteiger partial charge in [-0.25, -0.2) is 0 Å². The minimum absolute atomic E-state index is 0.0272. The minimum Gasteiger partial charge on any atom is -0.507 e. The first-order chi connectivity index (χ1) is 10.9. The maximum atomic E-state index is 12.9. The Morgan fingerprint density at radius 2 is 1.74 bits per heavy atom. The molecule has 2 aromatic rings. The maximum Gasteiger partial charge on any atom is 0.418 e. The Hall–Kier alpha value is -2.61. The van der Waals surface area contributed by atoms with Gasteiger partial charge < -0.3 is 10.4 Å². The predicted octanol–water partition coefficient (Wildman–Crippen LogP) is 3.73. The summed E-state index contributed by atoms with van der Waals surface area (Å²) in [5.74, 6) is 0.0272. The highest BCUT2D eigenvalue weighted by atomic mass is 32.1. The van der Waals surface area contributed by atoms with E-state index in [1.165, 1.54) is 30.5 Å². The molecule has 0 unspecified atom stereocenters. The molecule has 0 aliphatic carbocycles. The highest BCUT2D eigenvalue weighted by Crippen LogP contribution is 2.34. The first-order valence-corrected chi connectivity index (χ1v) is 6.83. The summed E-state index contributed by atoms with van der Waals surface area (Å²) in [5, 5.41) is 15.7. The fourth-order valence-electron chi connectivity index (χ4n) is 1.75. The number of thiocarbonyl (C=S) groups is 1. The van der Waals surface area contributed by atoms with Crippen molar-refractivity contribution in [3.8, 4) is 5.75 Å². The summed E-state index contributed by atoms with van der Waals surface area (Å²) < 4.78 is 38.6. The second-order valence-electron chi connectivity index (χ2n) is 4.43. The van der Waals surface area contributed by atoms with Crippen LogP contribution in [0.4, 0.5) is 18.9 Å². The number of nitrogens with one attached hydrogen (secondary N) is 2. The number of phenolic OH excluding ortho intramolecular Hbond substituents is 1. The molecule has 0 aromatic heterocycles. The molecule has 23 heavy (non-hydrogen) atoms. The van der Waals surface area contributed by atoms with Gasteiger partial charge in [0.1, 0.15) is 5.75 Å². The Morgan fingerprint density at radius 3 is 2.43 bits per heavy atom. The Labute approximate surface area is 135 Å². The van der Waals surface area contributed by atoms with Crippen LogP contribution in [0.1, 0.15) is 11.1 Å². The van der Waals surface area contributed by atoms with Crippen LogP contribution in [0.2, 0.25) is 0 Å². The van der Waals surface area contributed by atoms with Gasteiger partial charge in [-0.05, 0) is 36.5 Å². The van der Waals surface area contributed by atoms with Crippen molar-refractivity contribution in [3.05, 3.63) is 59.7 Å². The number of phenols is 1. The van der Waals surface area contributed by atoms with Crippen LogP contribution in [0.15, 0.2) is 53.6 Å². The number of aromatic hydroxyl groups is 1. The number of anilines is 1. The SMILES string of the molecule is Oc1ccccc1/C=N/NC(=S)Nc1ccccc1C(F)(F)F. The van der Waals surface area contributed by atoms with E-state index in [-0.39, 0.29) is 16.5 Å². The van der Waals surface area contributed by atoms with Crippen LogP contribution in [0.25, 0.3) is 0 Å². The second kappa shape index (κ2) is 7.10. The lowest BCUT2D eigenvalue weighted by atomic mass is 10.2. The van der Waals surface area contributed by atoms with E-state index < -0.39 is 11.7 Å². The number of alkyl halides is 3. The molecule has 0 saturated carbocycles. The van der Waals surface area contributed by atoms with Crippen molar-refractivity contribution in [1.29, 1.82) is 0 Å². The van der Waals surface area contributed by atoms with Gasteiger partial charge in [-0.1, -0.05) is 24.3 Å². The van der Waals surface area contributed by atoms with E-state index in [1.807, 2.05) is 0 Å². The molecule has 0 aliphatic rings. The molecule has 2 rings (SSSR count).